The molecule has 0 aromatic rings. The molecule has 1 unspecified atom stereocenters. The molecule has 5 nitrogen and oxygen atoms in total. The van der Waals surface area contributed by atoms with Crippen LogP contribution in [0.4, 0.5) is 4.79 Å². The van der Waals surface area contributed by atoms with Gasteiger partial charge in [-0.25, -0.2) is 4.79 Å². The van der Waals surface area contributed by atoms with Gasteiger partial charge in [-0.2, -0.15) is 0 Å². The Labute approximate surface area is 102 Å². The number of carbonyl (C=O) groups excluding carboxylic acids is 1. The second kappa shape index (κ2) is 7.14. The van der Waals surface area contributed by atoms with Gasteiger partial charge in [0.2, 0.25) is 0 Å². The van der Waals surface area contributed by atoms with Gasteiger partial charge >= 0.3 is 12.0 Å². The molecule has 0 saturated heterocycles. The summed E-state index contributed by atoms with van der Waals surface area (Å²) in [6.45, 7) is 2.55. The summed E-state index contributed by atoms with van der Waals surface area (Å²) in [4.78, 5) is 21.8. The van der Waals surface area contributed by atoms with E-state index in [1.54, 1.807) is 0 Å². The largest absolute Gasteiger partial charge is 0.481 e. The second-order valence-electron chi connectivity index (χ2n) is 4.84. The summed E-state index contributed by atoms with van der Waals surface area (Å²) < 4.78 is 0. The summed E-state index contributed by atoms with van der Waals surface area (Å²) in [7, 11) is 0. The fraction of sp³-hybridized carbons (Fsp3) is 0.833. The van der Waals surface area contributed by atoms with Gasteiger partial charge in [-0.1, -0.05) is 12.8 Å². The second-order valence-corrected chi connectivity index (χ2v) is 4.84. The van der Waals surface area contributed by atoms with Crippen molar-refractivity contribution in [1.29, 1.82) is 0 Å². The van der Waals surface area contributed by atoms with Gasteiger partial charge in [0.25, 0.3) is 0 Å². The minimum absolute atomic E-state index is 0.0874. The zero-order chi connectivity index (χ0) is 12.7. The topological polar surface area (TPSA) is 78.4 Å². The SMILES string of the molecule is CC(CCC(=O)O)NC(=O)NCC1CCCC1. The van der Waals surface area contributed by atoms with Gasteiger partial charge in [-0.15, -0.1) is 0 Å². The molecule has 1 atom stereocenters. The molecular weight excluding hydrogens is 220 g/mol. The van der Waals surface area contributed by atoms with Crippen LogP contribution in [0.1, 0.15) is 45.4 Å². The van der Waals surface area contributed by atoms with E-state index in [0.29, 0.717) is 12.3 Å². The number of hydrogen-bond donors (Lipinski definition) is 3. The monoisotopic (exact) mass is 242 g/mol. The maximum absolute atomic E-state index is 11.5. The van der Waals surface area contributed by atoms with Crippen LogP contribution in [-0.2, 0) is 4.79 Å². The molecule has 1 aliphatic carbocycles. The van der Waals surface area contributed by atoms with E-state index >= 15 is 0 Å². The Kier molecular flexibility index (Phi) is 5.80. The zero-order valence-electron chi connectivity index (χ0n) is 10.4. The molecule has 0 heterocycles. The number of hydrogen-bond acceptors (Lipinski definition) is 2. The zero-order valence-corrected chi connectivity index (χ0v) is 10.4. The average Bonchev–Trinajstić information content (AvgIpc) is 2.76. The summed E-state index contributed by atoms with van der Waals surface area (Å²) in [5.41, 5.74) is 0. The maximum atomic E-state index is 11.5. The highest BCUT2D eigenvalue weighted by Crippen LogP contribution is 2.23. The number of amides is 2. The lowest BCUT2D eigenvalue weighted by Gasteiger charge is -2.15. The van der Waals surface area contributed by atoms with Crippen molar-refractivity contribution in [3.8, 4) is 0 Å². The predicted octanol–water partition coefficient (Wildman–Crippen LogP) is 1.73. The third-order valence-electron chi connectivity index (χ3n) is 3.19. The average molecular weight is 242 g/mol. The third-order valence-corrected chi connectivity index (χ3v) is 3.19. The van der Waals surface area contributed by atoms with E-state index < -0.39 is 5.97 Å². The lowest BCUT2D eigenvalue weighted by Crippen LogP contribution is -2.42. The van der Waals surface area contributed by atoms with Crippen LogP contribution in [0.5, 0.6) is 0 Å². The fourth-order valence-electron chi connectivity index (χ4n) is 2.14. The highest BCUT2D eigenvalue weighted by Gasteiger charge is 2.16. The molecule has 1 saturated carbocycles. The number of rotatable bonds is 6. The van der Waals surface area contributed by atoms with E-state index in [2.05, 4.69) is 10.6 Å². The molecule has 3 N–H and O–H groups in total. The van der Waals surface area contributed by atoms with Crippen LogP contribution in [0.25, 0.3) is 0 Å². The first-order valence-corrected chi connectivity index (χ1v) is 6.34. The number of carbonyl (C=O) groups is 2. The van der Waals surface area contributed by atoms with Crippen molar-refractivity contribution in [2.45, 2.75) is 51.5 Å². The smallest absolute Gasteiger partial charge is 0.315 e. The molecule has 1 fully saturated rings. The van der Waals surface area contributed by atoms with Gasteiger partial charge in [0, 0.05) is 19.0 Å². The van der Waals surface area contributed by atoms with E-state index in [1.165, 1.54) is 25.7 Å². The van der Waals surface area contributed by atoms with Crippen LogP contribution < -0.4 is 10.6 Å². The Morgan fingerprint density at radius 2 is 2.00 bits per heavy atom. The van der Waals surface area contributed by atoms with Crippen molar-refractivity contribution in [3.63, 3.8) is 0 Å². The minimum Gasteiger partial charge on any atom is -0.481 e. The van der Waals surface area contributed by atoms with Crippen molar-refractivity contribution >= 4 is 12.0 Å². The Morgan fingerprint density at radius 1 is 1.35 bits per heavy atom. The minimum atomic E-state index is -0.829. The Balaban J connectivity index is 2.08. The number of carboxylic acids is 1. The molecule has 0 radical (unpaired) electrons. The van der Waals surface area contributed by atoms with Crippen LogP contribution in [0.2, 0.25) is 0 Å². The van der Waals surface area contributed by atoms with Gasteiger partial charge in [0.1, 0.15) is 0 Å². The van der Waals surface area contributed by atoms with Gasteiger partial charge < -0.3 is 15.7 Å². The standard InChI is InChI=1S/C12H22N2O3/c1-9(6-7-11(15)16)14-12(17)13-8-10-4-2-3-5-10/h9-10H,2-8H2,1H3,(H,15,16)(H2,13,14,17). The van der Waals surface area contributed by atoms with Crippen LogP contribution in [-0.4, -0.2) is 29.7 Å². The fourth-order valence-corrected chi connectivity index (χ4v) is 2.14. The van der Waals surface area contributed by atoms with E-state index in [0.717, 1.165) is 6.54 Å². The highest BCUT2D eigenvalue weighted by atomic mass is 16.4. The Hall–Kier alpha value is -1.26. The van der Waals surface area contributed by atoms with Crippen molar-refractivity contribution in [1.82, 2.24) is 10.6 Å². The molecule has 1 rings (SSSR count). The van der Waals surface area contributed by atoms with Crippen molar-refractivity contribution < 1.29 is 14.7 Å². The maximum Gasteiger partial charge on any atom is 0.315 e. The Morgan fingerprint density at radius 3 is 2.59 bits per heavy atom. The molecule has 17 heavy (non-hydrogen) atoms. The first-order chi connectivity index (χ1) is 8.08. The quantitative estimate of drug-likeness (QED) is 0.663. The molecule has 0 aromatic carbocycles. The third kappa shape index (κ3) is 6.14. The van der Waals surface area contributed by atoms with E-state index in [1.807, 2.05) is 6.92 Å². The summed E-state index contributed by atoms with van der Waals surface area (Å²) >= 11 is 0. The molecule has 0 aliphatic heterocycles. The number of urea groups is 1. The molecule has 2 amide bonds. The number of nitrogens with one attached hydrogen (secondary N) is 2. The Bertz CT molecular complexity index is 262. The van der Waals surface area contributed by atoms with Crippen molar-refractivity contribution in [3.05, 3.63) is 0 Å². The first kappa shape index (κ1) is 13.8. The lowest BCUT2D eigenvalue weighted by atomic mass is 10.1. The van der Waals surface area contributed by atoms with Gasteiger partial charge in [-0.3, -0.25) is 4.79 Å². The van der Waals surface area contributed by atoms with Crippen LogP contribution in [0, 0.1) is 5.92 Å². The van der Waals surface area contributed by atoms with Crippen LogP contribution in [0.3, 0.4) is 0 Å². The summed E-state index contributed by atoms with van der Waals surface area (Å²) in [6, 6.07) is -0.288. The number of aliphatic carboxylic acids is 1. The van der Waals surface area contributed by atoms with Gasteiger partial charge in [-0.05, 0) is 32.1 Å². The number of carboxylic acid groups (broad SMARTS) is 1. The molecule has 0 aromatic heterocycles. The molecule has 98 valence electrons. The van der Waals surface area contributed by atoms with Crippen molar-refractivity contribution in [2.24, 2.45) is 5.92 Å². The molecule has 5 heteroatoms. The molecule has 0 bridgehead atoms. The normalized spacial score (nSPS) is 17.7. The predicted molar refractivity (Wildman–Crippen MR) is 64.8 cm³/mol. The van der Waals surface area contributed by atoms with Crippen molar-refractivity contribution in [2.75, 3.05) is 6.54 Å². The lowest BCUT2D eigenvalue weighted by molar-refractivity contribution is -0.137. The van der Waals surface area contributed by atoms with Gasteiger partial charge in [0.05, 0.1) is 0 Å². The molecule has 1 aliphatic rings. The first-order valence-electron chi connectivity index (χ1n) is 6.34. The van der Waals surface area contributed by atoms with Gasteiger partial charge in [0.15, 0.2) is 0 Å². The molecular formula is C12H22N2O3. The highest BCUT2D eigenvalue weighted by molar-refractivity contribution is 5.74. The van der Waals surface area contributed by atoms with E-state index in [9.17, 15) is 9.59 Å². The summed E-state index contributed by atoms with van der Waals surface area (Å²) in [5.74, 6) is -0.208. The summed E-state index contributed by atoms with van der Waals surface area (Å²) in [5, 5.41) is 14.1. The van der Waals surface area contributed by atoms with E-state index in [4.69, 9.17) is 5.11 Å². The van der Waals surface area contributed by atoms with Crippen LogP contribution in [0.15, 0.2) is 0 Å². The van der Waals surface area contributed by atoms with Crippen LogP contribution >= 0.6 is 0 Å². The summed E-state index contributed by atoms with van der Waals surface area (Å²) in [6.07, 6.45) is 5.49. The molecule has 0 spiro atoms. The van der Waals surface area contributed by atoms with E-state index in [-0.39, 0.29) is 18.5 Å².